The number of methoxy groups -OCH3 is 1. The Hall–Kier alpha value is -2.45. The highest BCUT2D eigenvalue weighted by Crippen LogP contribution is 2.20. The van der Waals surface area contributed by atoms with Gasteiger partial charge >= 0.3 is 0 Å². The summed E-state index contributed by atoms with van der Waals surface area (Å²) in [5.41, 5.74) is 0.310. The van der Waals surface area contributed by atoms with Gasteiger partial charge < -0.3 is 10.1 Å². The molecule has 2 rings (SSSR count). The number of hydrogen-bond acceptors (Lipinski definition) is 4. The lowest BCUT2D eigenvalue weighted by Crippen LogP contribution is -2.36. The zero-order chi connectivity index (χ0) is 18.4. The molecule has 2 N–H and O–H groups in total. The Morgan fingerprint density at radius 2 is 1.80 bits per heavy atom. The highest BCUT2D eigenvalue weighted by atomic mass is 32.2. The summed E-state index contributed by atoms with van der Waals surface area (Å²) in [6.07, 6.45) is 0. The first-order valence-corrected chi connectivity index (χ1v) is 8.99. The first-order valence-electron chi connectivity index (χ1n) is 7.50. The molecular weight excluding hydrogens is 347 g/mol. The molecule has 0 aliphatic heterocycles. The molecule has 0 fully saturated rings. The standard InChI is InChI=1S/C17H19FN2O4S/c1-12(11-24-2)19-17(21)15-5-3-4-6-16(15)20-25(22,23)14-9-7-13(18)8-10-14/h3-10,12,20H,11H2,1-2H3,(H,19,21)/t12-/m0/s1. The van der Waals surface area contributed by atoms with E-state index < -0.39 is 21.7 Å². The first-order chi connectivity index (χ1) is 11.8. The van der Waals surface area contributed by atoms with E-state index in [1.165, 1.54) is 19.2 Å². The summed E-state index contributed by atoms with van der Waals surface area (Å²) >= 11 is 0. The summed E-state index contributed by atoms with van der Waals surface area (Å²) in [4.78, 5) is 12.3. The van der Waals surface area contributed by atoms with E-state index in [0.717, 1.165) is 24.3 Å². The third kappa shape index (κ3) is 5.01. The maximum Gasteiger partial charge on any atom is 0.261 e. The van der Waals surface area contributed by atoms with Crippen LogP contribution in [0, 0.1) is 5.82 Å². The number of carbonyl (C=O) groups is 1. The van der Waals surface area contributed by atoms with Crippen molar-refractivity contribution in [2.24, 2.45) is 0 Å². The molecule has 0 unspecified atom stereocenters. The summed E-state index contributed by atoms with van der Waals surface area (Å²) in [5.74, 6) is -0.965. The van der Waals surface area contributed by atoms with Crippen LogP contribution in [0.2, 0.25) is 0 Å². The third-order valence-electron chi connectivity index (χ3n) is 3.33. The SMILES string of the molecule is COC[C@H](C)NC(=O)c1ccccc1NS(=O)(=O)c1ccc(F)cc1. The van der Waals surface area contributed by atoms with Gasteiger partial charge in [-0.2, -0.15) is 0 Å². The molecular formula is C17H19FN2O4S. The van der Waals surface area contributed by atoms with Crippen molar-refractivity contribution in [1.29, 1.82) is 0 Å². The second kappa shape index (κ2) is 8.09. The zero-order valence-corrected chi connectivity index (χ0v) is 14.6. The summed E-state index contributed by atoms with van der Waals surface area (Å²) < 4.78 is 45.2. The molecule has 0 aliphatic rings. The van der Waals surface area contributed by atoms with Crippen molar-refractivity contribution in [3.8, 4) is 0 Å². The molecule has 0 spiro atoms. The van der Waals surface area contributed by atoms with Gasteiger partial charge in [0.1, 0.15) is 5.82 Å². The van der Waals surface area contributed by atoms with Gasteiger partial charge in [0.25, 0.3) is 15.9 Å². The number of halogens is 1. The second-order valence-corrected chi connectivity index (χ2v) is 7.12. The van der Waals surface area contributed by atoms with Gasteiger partial charge in [0.15, 0.2) is 0 Å². The van der Waals surface area contributed by atoms with Crippen LogP contribution in [-0.2, 0) is 14.8 Å². The molecule has 0 aliphatic carbocycles. The Balaban J connectivity index is 2.25. The van der Waals surface area contributed by atoms with Crippen molar-refractivity contribution < 1.29 is 22.3 Å². The van der Waals surface area contributed by atoms with Crippen molar-refractivity contribution in [3.63, 3.8) is 0 Å². The van der Waals surface area contributed by atoms with E-state index in [0.29, 0.717) is 6.61 Å². The molecule has 25 heavy (non-hydrogen) atoms. The number of carbonyl (C=O) groups excluding carboxylic acids is 1. The molecule has 1 atom stereocenters. The Morgan fingerprint density at radius 3 is 2.44 bits per heavy atom. The number of sulfonamides is 1. The maximum absolute atomic E-state index is 13.0. The summed E-state index contributed by atoms with van der Waals surface area (Å²) in [6.45, 7) is 2.10. The highest BCUT2D eigenvalue weighted by Gasteiger charge is 2.19. The molecule has 2 aromatic carbocycles. The van der Waals surface area contributed by atoms with Crippen LogP contribution in [0.4, 0.5) is 10.1 Å². The topological polar surface area (TPSA) is 84.5 Å². The van der Waals surface area contributed by atoms with Gasteiger partial charge in [-0.1, -0.05) is 12.1 Å². The minimum Gasteiger partial charge on any atom is -0.383 e. The highest BCUT2D eigenvalue weighted by molar-refractivity contribution is 7.92. The van der Waals surface area contributed by atoms with Crippen LogP contribution < -0.4 is 10.0 Å². The van der Waals surface area contributed by atoms with Crippen molar-refractivity contribution >= 4 is 21.6 Å². The predicted octanol–water partition coefficient (Wildman–Crippen LogP) is 2.39. The number of anilines is 1. The average Bonchev–Trinajstić information content (AvgIpc) is 2.55. The normalized spacial score (nSPS) is 12.4. The lowest BCUT2D eigenvalue weighted by atomic mass is 10.1. The van der Waals surface area contributed by atoms with Gasteiger partial charge in [0.05, 0.1) is 22.8 Å². The number of para-hydroxylation sites is 1. The minimum atomic E-state index is -3.95. The zero-order valence-electron chi connectivity index (χ0n) is 13.8. The molecule has 1 amide bonds. The third-order valence-corrected chi connectivity index (χ3v) is 4.72. The fourth-order valence-electron chi connectivity index (χ4n) is 2.18. The lowest BCUT2D eigenvalue weighted by molar-refractivity contribution is 0.0906. The van der Waals surface area contributed by atoms with Crippen LogP contribution in [0.25, 0.3) is 0 Å². The fourth-order valence-corrected chi connectivity index (χ4v) is 3.26. The van der Waals surface area contributed by atoms with Crippen LogP contribution in [0.5, 0.6) is 0 Å². The molecule has 0 saturated heterocycles. The fraction of sp³-hybridized carbons (Fsp3) is 0.235. The van der Waals surface area contributed by atoms with E-state index in [2.05, 4.69) is 10.0 Å². The largest absolute Gasteiger partial charge is 0.383 e. The van der Waals surface area contributed by atoms with E-state index in [9.17, 15) is 17.6 Å². The van der Waals surface area contributed by atoms with Gasteiger partial charge in [-0.3, -0.25) is 9.52 Å². The molecule has 0 bridgehead atoms. The van der Waals surface area contributed by atoms with Gasteiger partial charge in [0.2, 0.25) is 0 Å². The van der Waals surface area contributed by atoms with Crippen molar-refractivity contribution in [1.82, 2.24) is 5.32 Å². The average molecular weight is 366 g/mol. The first kappa shape index (κ1) is 18.9. The van der Waals surface area contributed by atoms with Crippen LogP contribution in [0.3, 0.4) is 0 Å². The van der Waals surface area contributed by atoms with Gasteiger partial charge in [0, 0.05) is 13.2 Å². The quantitative estimate of drug-likeness (QED) is 0.788. The summed E-state index contributed by atoms with van der Waals surface area (Å²) in [6, 6.07) is 10.4. The Kier molecular flexibility index (Phi) is 6.11. The minimum absolute atomic E-state index is 0.100. The smallest absolute Gasteiger partial charge is 0.261 e. The van der Waals surface area contributed by atoms with E-state index in [-0.39, 0.29) is 22.2 Å². The maximum atomic E-state index is 13.0. The number of ether oxygens (including phenoxy) is 1. The predicted molar refractivity (Wildman–Crippen MR) is 92.5 cm³/mol. The summed E-state index contributed by atoms with van der Waals surface area (Å²) in [7, 11) is -2.42. The van der Waals surface area contributed by atoms with E-state index in [1.54, 1.807) is 19.1 Å². The number of hydrogen-bond donors (Lipinski definition) is 2. The van der Waals surface area contributed by atoms with E-state index >= 15 is 0 Å². The summed E-state index contributed by atoms with van der Waals surface area (Å²) in [5, 5.41) is 2.72. The monoisotopic (exact) mass is 366 g/mol. The van der Waals surface area contributed by atoms with Crippen molar-refractivity contribution in [2.75, 3.05) is 18.4 Å². The Labute approximate surface area is 146 Å². The van der Waals surface area contributed by atoms with Gasteiger partial charge in [-0.05, 0) is 43.3 Å². The van der Waals surface area contributed by atoms with E-state index in [1.807, 2.05) is 0 Å². The number of rotatable bonds is 7. The van der Waals surface area contributed by atoms with Gasteiger partial charge in [-0.25, -0.2) is 12.8 Å². The molecule has 0 saturated carbocycles. The Morgan fingerprint density at radius 1 is 1.16 bits per heavy atom. The van der Waals surface area contributed by atoms with E-state index in [4.69, 9.17) is 4.74 Å². The van der Waals surface area contributed by atoms with Crippen LogP contribution in [-0.4, -0.2) is 34.1 Å². The second-order valence-electron chi connectivity index (χ2n) is 5.43. The Bertz CT molecular complexity index is 838. The van der Waals surface area contributed by atoms with Gasteiger partial charge in [-0.15, -0.1) is 0 Å². The molecule has 8 heteroatoms. The number of nitrogens with one attached hydrogen (secondary N) is 2. The van der Waals surface area contributed by atoms with Crippen molar-refractivity contribution in [2.45, 2.75) is 17.9 Å². The number of benzene rings is 2. The number of amides is 1. The van der Waals surface area contributed by atoms with Crippen LogP contribution >= 0.6 is 0 Å². The molecule has 134 valence electrons. The molecule has 6 nitrogen and oxygen atoms in total. The van der Waals surface area contributed by atoms with Crippen LogP contribution in [0.15, 0.2) is 53.4 Å². The lowest BCUT2D eigenvalue weighted by Gasteiger charge is -2.16. The molecule has 2 aromatic rings. The molecule has 0 heterocycles. The molecule has 0 radical (unpaired) electrons. The van der Waals surface area contributed by atoms with Crippen molar-refractivity contribution in [3.05, 3.63) is 59.9 Å². The van der Waals surface area contributed by atoms with Crippen LogP contribution in [0.1, 0.15) is 17.3 Å². The molecule has 0 aromatic heterocycles.